The molecule has 0 saturated carbocycles. The minimum Gasteiger partial charge on any atom is -0.424 e. The molecule has 150 valence electrons. The molecule has 0 aliphatic rings. The number of hydrogen-bond donors (Lipinski definition) is 0. The lowest BCUT2D eigenvalue weighted by atomic mass is 10.3. The van der Waals surface area contributed by atoms with E-state index in [1.54, 1.807) is 13.1 Å². The Morgan fingerprint density at radius 1 is 1.03 bits per heavy atom. The lowest BCUT2D eigenvalue weighted by Crippen LogP contribution is -2.06. The molecule has 0 unspecified atom stereocenters. The monoisotopic (exact) mass is 418 g/mol. The van der Waals surface area contributed by atoms with Gasteiger partial charge in [-0.15, -0.1) is 0 Å². The molecule has 0 saturated heterocycles. The number of fused-ring (bicyclic) bond motifs is 5. The summed E-state index contributed by atoms with van der Waals surface area (Å²) in [5.41, 5.74) is 4.14. The number of imidazole rings is 1. The molecule has 7 heteroatoms. The van der Waals surface area contributed by atoms with Gasteiger partial charge in [0.05, 0.1) is 17.2 Å². The van der Waals surface area contributed by atoms with E-state index in [9.17, 15) is 4.79 Å². The van der Waals surface area contributed by atoms with Gasteiger partial charge in [-0.3, -0.25) is 13.8 Å². The fraction of sp³-hybridized carbons (Fsp3) is 0.174. The second kappa shape index (κ2) is 7.15. The zero-order valence-electron chi connectivity index (χ0n) is 16.6. The number of aromatic nitrogens is 4. The minimum absolute atomic E-state index is 0.279. The number of para-hydroxylation sites is 2. The van der Waals surface area contributed by atoms with Gasteiger partial charge in [0.2, 0.25) is 0 Å². The van der Waals surface area contributed by atoms with Crippen LogP contribution in [0, 0.1) is 0 Å². The number of benzene rings is 2. The summed E-state index contributed by atoms with van der Waals surface area (Å²) in [7, 11) is 0. The van der Waals surface area contributed by atoms with Crippen molar-refractivity contribution in [3.8, 4) is 11.4 Å². The molecular weight excluding hydrogens is 400 g/mol. The number of esters is 1. The van der Waals surface area contributed by atoms with Crippen LogP contribution >= 0.6 is 11.6 Å². The van der Waals surface area contributed by atoms with E-state index >= 15 is 0 Å². The van der Waals surface area contributed by atoms with Crippen LogP contribution in [0.2, 0.25) is 5.02 Å². The van der Waals surface area contributed by atoms with Crippen LogP contribution in [0.5, 0.6) is 5.75 Å². The minimum atomic E-state index is -0.306. The summed E-state index contributed by atoms with van der Waals surface area (Å²) in [6.45, 7) is 3.84. The van der Waals surface area contributed by atoms with E-state index in [2.05, 4.69) is 6.92 Å². The summed E-state index contributed by atoms with van der Waals surface area (Å²) in [6.07, 6.45) is 2.80. The lowest BCUT2D eigenvalue weighted by Gasteiger charge is -2.08. The molecule has 0 radical (unpaired) electrons. The Morgan fingerprint density at radius 2 is 1.80 bits per heavy atom. The van der Waals surface area contributed by atoms with Crippen LogP contribution in [0.3, 0.4) is 0 Å². The Hall–Kier alpha value is -3.38. The van der Waals surface area contributed by atoms with Gasteiger partial charge in [-0.2, -0.15) is 0 Å². The molecule has 0 N–H and O–H groups in total. The standard InChI is InChI=1S/C23H19ClN4O2/c1-3-19-26-22-21(23-25-16-7-5-6-8-17(16)28(19)23)18(30-20(29)4-2)13-27(22)15-11-9-14(24)10-12-15/h5-13H,3-4H2,1-2H3. The fourth-order valence-corrected chi connectivity index (χ4v) is 3.85. The van der Waals surface area contributed by atoms with Crippen molar-refractivity contribution in [3.63, 3.8) is 0 Å². The van der Waals surface area contributed by atoms with Gasteiger partial charge in [0.15, 0.2) is 17.0 Å². The van der Waals surface area contributed by atoms with E-state index in [-0.39, 0.29) is 12.4 Å². The number of aryl methyl sites for hydroxylation is 1. The third-order valence-corrected chi connectivity index (χ3v) is 5.41. The van der Waals surface area contributed by atoms with Crippen molar-refractivity contribution in [2.45, 2.75) is 26.7 Å². The van der Waals surface area contributed by atoms with Gasteiger partial charge in [-0.05, 0) is 36.4 Å². The first-order chi connectivity index (χ1) is 14.6. The third kappa shape index (κ3) is 2.83. The van der Waals surface area contributed by atoms with E-state index in [1.807, 2.05) is 57.5 Å². The van der Waals surface area contributed by atoms with Crippen molar-refractivity contribution in [1.82, 2.24) is 18.9 Å². The molecule has 0 fully saturated rings. The molecule has 0 bridgehead atoms. The van der Waals surface area contributed by atoms with Gasteiger partial charge in [-0.25, -0.2) is 9.97 Å². The Bertz CT molecular complexity index is 1420. The van der Waals surface area contributed by atoms with E-state index in [1.165, 1.54) is 0 Å². The van der Waals surface area contributed by atoms with Crippen LogP contribution < -0.4 is 4.74 Å². The largest absolute Gasteiger partial charge is 0.424 e. The number of carbonyl (C=O) groups is 1. The highest BCUT2D eigenvalue weighted by molar-refractivity contribution is 6.30. The Kier molecular flexibility index (Phi) is 4.44. The summed E-state index contributed by atoms with van der Waals surface area (Å²) in [5.74, 6) is 1.02. The van der Waals surface area contributed by atoms with Crippen LogP contribution in [-0.2, 0) is 11.2 Å². The second-order valence-corrected chi connectivity index (χ2v) is 7.44. The molecule has 5 rings (SSSR count). The van der Waals surface area contributed by atoms with E-state index < -0.39 is 0 Å². The predicted molar refractivity (Wildman–Crippen MR) is 118 cm³/mol. The maximum absolute atomic E-state index is 12.2. The predicted octanol–water partition coefficient (Wildman–Crippen LogP) is 5.36. The van der Waals surface area contributed by atoms with Crippen molar-refractivity contribution < 1.29 is 9.53 Å². The highest BCUT2D eigenvalue weighted by Crippen LogP contribution is 2.35. The molecule has 0 aliphatic carbocycles. The van der Waals surface area contributed by atoms with Crippen LogP contribution in [0.4, 0.5) is 0 Å². The smallest absolute Gasteiger partial charge is 0.310 e. The molecule has 2 aromatic carbocycles. The maximum Gasteiger partial charge on any atom is 0.310 e. The van der Waals surface area contributed by atoms with Crippen LogP contribution in [-0.4, -0.2) is 24.9 Å². The molecule has 0 atom stereocenters. The summed E-state index contributed by atoms with van der Waals surface area (Å²) in [5, 5.41) is 1.36. The second-order valence-electron chi connectivity index (χ2n) is 7.01. The number of nitrogens with zero attached hydrogens (tertiary/aromatic N) is 4. The summed E-state index contributed by atoms with van der Waals surface area (Å²) >= 11 is 6.07. The quantitative estimate of drug-likeness (QED) is 0.369. The zero-order valence-corrected chi connectivity index (χ0v) is 17.3. The summed E-state index contributed by atoms with van der Waals surface area (Å²) in [4.78, 5) is 22.0. The summed E-state index contributed by atoms with van der Waals surface area (Å²) < 4.78 is 9.67. The SMILES string of the molecule is CCC(=O)Oc1cn(-c2ccc(Cl)cc2)c2nc(CC)n3c4ccccc4nc3c12. The zero-order chi connectivity index (χ0) is 20.8. The van der Waals surface area contributed by atoms with Crippen molar-refractivity contribution in [1.29, 1.82) is 0 Å². The molecule has 6 nitrogen and oxygen atoms in total. The molecule has 30 heavy (non-hydrogen) atoms. The van der Waals surface area contributed by atoms with Crippen LogP contribution in [0.15, 0.2) is 54.7 Å². The van der Waals surface area contributed by atoms with E-state index in [0.717, 1.165) is 34.6 Å². The van der Waals surface area contributed by atoms with Gasteiger partial charge in [0, 0.05) is 23.6 Å². The van der Waals surface area contributed by atoms with Gasteiger partial charge >= 0.3 is 5.97 Å². The molecule has 3 heterocycles. The van der Waals surface area contributed by atoms with E-state index in [0.29, 0.717) is 21.8 Å². The normalized spacial score (nSPS) is 11.6. The highest BCUT2D eigenvalue weighted by atomic mass is 35.5. The first-order valence-electron chi connectivity index (χ1n) is 9.88. The molecule has 0 aliphatic heterocycles. The van der Waals surface area contributed by atoms with Crippen LogP contribution in [0.25, 0.3) is 33.4 Å². The molecule has 5 aromatic rings. The van der Waals surface area contributed by atoms with Gasteiger partial charge in [0.1, 0.15) is 11.2 Å². The van der Waals surface area contributed by atoms with Gasteiger partial charge in [-0.1, -0.05) is 37.6 Å². The van der Waals surface area contributed by atoms with E-state index in [4.69, 9.17) is 26.3 Å². The van der Waals surface area contributed by atoms with Crippen molar-refractivity contribution in [2.24, 2.45) is 0 Å². The number of carbonyl (C=O) groups excluding carboxylic acids is 1. The fourth-order valence-electron chi connectivity index (χ4n) is 3.73. The first-order valence-corrected chi connectivity index (χ1v) is 10.3. The number of hydrogen-bond acceptors (Lipinski definition) is 4. The van der Waals surface area contributed by atoms with Crippen molar-refractivity contribution >= 4 is 45.3 Å². The van der Waals surface area contributed by atoms with Gasteiger partial charge in [0.25, 0.3) is 0 Å². The molecule has 0 amide bonds. The number of ether oxygens (including phenoxy) is 1. The van der Waals surface area contributed by atoms with Crippen LogP contribution in [0.1, 0.15) is 26.1 Å². The Balaban J connectivity index is 1.91. The highest BCUT2D eigenvalue weighted by Gasteiger charge is 2.22. The van der Waals surface area contributed by atoms with Gasteiger partial charge < -0.3 is 4.74 Å². The Morgan fingerprint density at radius 3 is 2.53 bits per heavy atom. The average Bonchev–Trinajstić information content (AvgIpc) is 3.32. The molecular formula is C23H19ClN4O2. The average molecular weight is 419 g/mol. The van der Waals surface area contributed by atoms with Crippen molar-refractivity contribution in [2.75, 3.05) is 0 Å². The Labute approximate surface area is 177 Å². The number of halogens is 1. The lowest BCUT2D eigenvalue weighted by molar-refractivity contribution is -0.133. The number of rotatable bonds is 4. The first kappa shape index (κ1) is 18.6. The van der Waals surface area contributed by atoms with Crippen molar-refractivity contribution in [3.05, 3.63) is 65.6 Å². The third-order valence-electron chi connectivity index (χ3n) is 5.16. The molecule has 0 spiro atoms. The maximum atomic E-state index is 12.2. The summed E-state index contributed by atoms with van der Waals surface area (Å²) in [6, 6.07) is 15.4. The topological polar surface area (TPSA) is 61.4 Å². The molecule has 3 aromatic heterocycles.